The molecule has 0 aromatic heterocycles. The van der Waals surface area contributed by atoms with Crippen LogP contribution >= 0.6 is 0 Å². The van der Waals surface area contributed by atoms with Crippen LogP contribution in [0, 0.1) is 34.5 Å². The summed E-state index contributed by atoms with van der Waals surface area (Å²) in [4.78, 5) is 12.5. The molecule has 0 heterocycles. The van der Waals surface area contributed by atoms with Crippen LogP contribution in [0.1, 0.15) is 65.2 Å². The van der Waals surface area contributed by atoms with Gasteiger partial charge in [0.2, 0.25) is 0 Å². The van der Waals surface area contributed by atoms with Crippen LogP contribution in [0.3, 0.4) is 0 Å². The van der Waals surface area contributed by atoms with E-state index in [2.05, 4.69) is 13.8 Å². The molecule has 0 bridgehead atoms. The first kappa shape index (κ1) is 17.9. The normalized spacial score (nSPS) is 52.4. The first-order chi connectivity index (χ1) is 11.9. The molecule has 8 atom stereocenters. The standard InChI is InChI=1S/C21H34O4/c1-20-10-8-17(23)19(25-12-11-22)16(20)4-3-13-14-5-6-18(24)21(14,2)9-7-15(13)20/h13-17,19,22-23H,3-12H2,1-2H3/t13-,14-,15-,16-,17+,19+,20+,21-/m0/s1. The monoisotopic (exact) mass is 350 g/mol. The Bertz CT molecular complexity index is 534. The number of rotatable bonds is 3. The summed E-state index contributed by atoms with van der Waals surface area (Å²) in [5, 5.41) is 19.7. The van der Waals surface area contributed by atoms with E-state index in [1.165, 1.54) is 6.42 Å². The summed E-state index contributed by atoms with van der Waals surface area (Å²) in [6, 6.07) is 0. The van der Waals surface area contributed by atoms with Crippen molar-refractivity contribution in [2.24, 2.45) is 34.5 Å². The molecule has 0 saturated heterocycles. The lowest BCUT2D eigenvalue weighted by Crippen LogP contribution is -2.59. The minimum Gasteiger partial charge on any atom is -0.394 e. The molecule has 0 spiro atoms. The maximum absolute atomic E-state index is 12.5. The predicted octanol–water partition coefficient (Wildman–Crippen LogP) is 2.95. The highest BCUT2D eigenvalue weighted by molar-refractivity contribution is 5.87. The fraction of sp³-hybridized carbons (Fsp3) is 0.952. The van der Waals surface area contributed by atoms with Crippen molar-refractivity contribution in [1.82, 2.24) is 0 Å². The van der Waals surface area contributed by atoms with Crippen LogP contribution in [-0.2, 0) is 9.53 Å². The number of hydrogen-bond donors (Lipinski definition) is 2. The molecule has 0 aliphatic heterocycles. The van der Waals surface area contributed by atoms with Crippen LogP contribution in [0.25, 0.3) is 0 Å². The Labute approximate surface area is 151 Å². The topological polar surface area (TPSA) is 66.8 Å². The third-order valence-corrected chi connectivity index (χ3v) is 8.81. The van der Waals surface area contributed by atoms with E-state index >= 15 is 0 Å². The van der Waals surface area contributed by atoms with Crippen molar-refractivity contribution in [3.63, 3.8) is 0 Å². The highest BCUT2D eigenvalue weighted by Crippen LogP contribution is 2.65. The maximum atomic E-state index is 12.5. The molecular weight excluding hydrogens is 316 g/mol. The molecule has 142 valence electrons. The zero-order valence-corrected chi connectivity index (χ0v) is 15.7. The van der Waals surface area contributed by atoms with Crippen LogP contribution < -0.4 is 0 Å². The van der Waals surface area contributed by atoms with E-state index in [1.54, 1.807) is 0 Å². The molecular formula is C21H34O4. The Balaban J connectivity index is 1.60. The van der Waals surface area contributed by atoms with Gasteiger partial charge in [-0.3, -0.25) is 4.79 Å². The van der Waals surface area contributed by atoms with Crippen LogP contribution in [0.15, 0.2) is 0 Å². The number of ether oxygens (including phenoxy) is 1. The summed E-state index contributed by atoms with van der Waals surface area (Å²) >= 11 is 0. The SMILES string of the molecule is C[C@]12CC[C@@H](O)[C@H](OCCO)[C@@H]1CC[C@@H]1[C@@H]2CC[C@]2(C)C(=O)CC[C@@H]12. The van der Waals surface area contributed by atoms with Gasteiger partial charge in [-0.2, -0.15) is 0 Å². The second-order valence-corrected chi connectivity index (χ2v) is 9.65. The van der Waals surface area contributed by atoms with Gasteiger partial charge in [0.05, 0.1) is 25.4 Å². The molecule has 4 nitrogen and oxygen atoms in total. The van der Waals surface area contributed by atoms with Gasteiger partial charge < -0.3 is 14.9 Å². The van der Waals surface area contributed by atoms with Gasteiger partial charge in [0.1, 0.15) is 5.78 Å². The summed E-state index contributed by atoms with van der Waals surface area (Å²) < 4.78 is 5.93. The predicted molar refractivity (Wildman–Crippen MR) is 94.9 cm³/mol. The van der Waals surface area contributed by atoms with Crippen molar-refractivity contribution >= 4 is 5.78 Å². The number of aliphatic hydroxyl groups is 2. The highest BCUT2D eigenvalue weighted by atomic mass is 16.5. The lowest BCUT2D eigenvalue weighted by molar-refractivity contribution is -0.189. The zero-order chi connectivity index (χ0) is 17.8. The molecule has 4 heteroatoms. The van der Waals surface area contributed by atoms with Crippen molar-refractivity contribution in [3.8, 4) is 0 Å². The summed E-state index contributed by atoms with van der Waals surface area (Å²) in [5.74, 6) is 2.78. The van der Waals surface area contributed by atoms with Crippen molar-refractivity contribution in [3.05, 3.63) is 0 Å². The molecule has 25 heavy (non-hydrogen) atoms. The Morgan fingerprint density at radius 2 is 1.84 bits per heavy atom. The van der Waals surface area contributed by atoms with Crippen LogP contribution in [0.5, 0.6) is 0 Å². The minimum absolute atomic E-state index is 0.0151. The molecule has 4 aliphatic rings. The highest BCUT2D eigenvalue weighted by Gasteiger charge is 2.61. The summed E-state index contributed by atoms with van der Waals surface area (Å²) in [6.07, 6.45) is 7.66. The second kappa shape index (κ2) is 6.31. The zero-order valence-electron chi connectivity index (χ0n) is 15.7. The Morgan fingerprint density at radius 1 is 1.04 bits per heavy atom. The fourth-order valence-corrected chi connectivity index (χ4v) is 7.47. The number of fused-ring (bicyclic) bond motifs is 5. The lowest BCUT2D eigenvalue weighted by atomic mass is 9.44. The third-order valence-electron chi connectivity index (χ3n) is 8.81. The van der Waals surface area contributed by atoms with Gasteiger partial charge in [0.25, 0.3) is 0 Å². The van der Waals surface area contributed by atoms with E-state index in [1.807, 2.05) is 0 Å². The molecule has 0 aromatic rings. The first-order valence-corrected chi connectivity index (χ1v) is 10.4. The fourth-order valence-electron chi connectivity index (χ4n) is 7.47. The Kier molecular flexibility index (Phi) is 4.53. The van der Waals surface area contributed by atoms with E-state index in [0.717, 1.165) is 44.9 Å². The van der Waals surface area contributed by atoms with E-state index in [0.29, 0.717) is 36.1 Å². The van der Waals surface area contributed by atoms with Crippen molar-refractivity contribution in [1.29, 1.82) is 0 Å². The number of ketones is 1. The minimum atomic E-state index is -0.400. The summed E-state index contributed by atoms with van der Waals surface area (Å²) in [6.45, 7) is 4.99. The van der Waals surface area contributed by atoms with Gasteiger partial charge in [-0.05, 0) is 74.0 Å². The smallest absolute Gasteiger partial charge is 0.139 e. The molecule has 0 radical (unpaired) electrons. The van der Waals surface area contributed by atoms with Gasteiger partial charge in [-0.15, -0.1) is 0 Å². The summed E-state index contributed by atoms with van der Waals surface area (Å²) in [7, 11) is 0. The van der Waals surface area contributed by atoms with Crippen molar-refractivity contribution < 1.29 is 19.7 Å². The molecule has 0 amide bonds. The first-order valence-electron chi connectivity index (χ1n) is 10.4. The average molecular weight is 350 g/mol. The van der Waals surface area contributed by atoms with Crippen molar-refractivity contribution in [2.45, 2.75) is 77.4 Å². The van der Waals surface area contributed by atoms with Crippen LogP contribution in [-0.4, -0.2) is 41.4 Å². The largest absolute Gasteiger partial charge is 0.394 e. The van der Waals surface area contributed by atoms with E-state index in [-0.39, 0.29) is 23.5 Å². The molecule has 4 aliphatic carbocycles. The van der Waals surface area contributed by atoms with Crippen LogP contribution in [0.4, 0.5) is 0 Å². The van der Waals surface area contributed by atoms with Gasteiger partial charge in [-0.25, -0.2) is 0 Å². The Hall–Kier alpha value is -0.450. The number of carbonyl (C=O) groups is 1. The van der Waals surface area contributed by atoms with Gasteiger partial charge in [-0.1, -0.05) is 13.8 Å². The second-order valence-electron chi connectivity index (χ2n) is 9.65. The number of Topliss-reactive ketones (excluding diaryl/α,β-unsaturated/α-hetero) is 1. The molecule has 4 saturated carbocycles. The summed E-state index contributed by atoms with van der Waals surface area (Å²) in [5.41, 5.74) is 0.139. The molecule has 0 unspecified atom stereocenters. The average Bonchev–Trinajstić information content (AvgIpc) is 2.90. The molecule has 4 fully saturated rings. The van der Waals surface area contributed by atoms with Crippen molar-refractivity contribution in [2.75, 3.05) is 13.2 Å². The molecule has 4 rings (SSSR count). The Morgan fingerprint density at radius 3 is 2.60 bits per heavy atom. The van der Waals surface area contributed by atoms with E-state index in [9.17, 15) is 9.90 Å². The number of hydrogen-bond acceptors (Lipinski definition) is 4. The van der Waals surface area contributed by atoms with Gasteiger partial charge in [0.15, 0.2) is 0 Å². The van der Waals surface area contributed by atoms with Gasteiger partial charge >= 0.3 is 0 Å². The molecule has 0 aromatic carbocycles. The van der Waals surface area contributed by atoms with Crippen LogP contribution in [0.2, 0.25) is 0 Å². The molecule has 2 N–H and O–H groups in total. The van der Waals surface area contributed by atoms with E-state index in [4.69, 9.17) is 9.84 Å². The van der Waals surface area contributed by atoms with Gasteiger partial charge in [0, 0.05) is 11.8 Å². The quantitative estimate of drug-likeness (QED) is 0.821. The number of carbonyl (C=O) groups excluding carboxylic acids is 1. The number of aliphatic hydroxyl groups excluding tert-OH is 2. The maximum Gasteiger partial charge on any atom is 0.139 e. The third kappa shape index (κ3) is 2.55. The lowest BCUT2D eigenvalue weighted by Gasteiger charge is -2.61. The van der Waals surface area contributed by atoms with E-state index < -0.39 is 6.10 Å².